The second-order valence-corrected chi connectivity index (χ2v) is 5.43. The van der Waals surface area contributed by atoms with Crippen LogP contribution in [-0.2, 0) is 4.74 Å². The summed E-state index contributed by atoms with van der Waals surface area (Å²) in [4.78, 5) is 13.9. The molecule has 0 radical (unpaired) electrons. The predicted molar refractivity (Wildman–Crippen MR) is 82.5 cm³/mol. The first-order valence-corrected chi connectivity index (χ1v) is 7.47. The highest BCUT2D eigenvalue weighted by Crippen LogP contribution is 2.28. The van der Waals surface area contributed by atoms with Crippen molar-refractivity contribution in [2.45, 2.75) is 19.8 Å². The minimum atomic E-state index is -0.0558. The van der Waals surface area contributed by atoms with Gasteiger partial charge in [-0.3, -0.25) is 4.79 Å². The lowest BCUT2D eigenvalue weighted by molar-refractivity contribution is 0.0681. The highest BCUT2D eigenvalue weighted by Gasteiger charge is 2.21. The van der Waals surface area contributed by atoms with Gasteiger partial charge in [0, 0.05) is 25.8 Å². The zero-order valence-corrected chi connectivity index (χ0v) is 12.8. The summed E-state index contributed by atoms with van der Waals surface area (Å²) >= 11 is 0. The van der Waals surface area contributed by atoms with Crippen LogP contribution in [0.5, 0.6) is 5.75 Å². The van der Waals surface area contributed by atoms with Crippen LogP contribution >= 0.6 is 0 Å². The molecule has 0 aliphatic heterocycles. The Morgan fingerprint density at radius 1 is 1.43 bits per heavy atom. The number of nitrogens with two attached hydrogens (primary N) is 1. The van der Waals surface area contributed by atoms with E-state index < -0.39 is 0 Å². The molecule has 0 saturated heterocycles. The van der Waals surface area contributed by atoms with Crippen molar-refractivity contribution in [1.82, 2.24) is 4.90 Å². The van der Waals surface area contributed by atoms with Crippen molar-refractivity contribution >= 4 is 11.6 Å². The van der Waals surface area contributed by atoms with Gasteiger partial charge in [0.05, 0.1) is 18.9 Å². The predicted octanol–water partition coefficient (Wildman–Crippen LogP) is 2.17. The minimum Gasteiger partial charge on any atom is -0.492 e. The monoisotopic (exact) mass is 292 g/mol. The Balaban J connectivity index is 1.83. The van der Waals surface area contributed by atoms with Crippen LogP contribution in [0.4, 0.5) is 5.69 Å². The Morgan fingerprint density at radius 2 is 2.19 bits per heavy atom. The molecule has 1 aromatic carbocycles. The number of amides is 1. The van der Waals surface area contributed by atoms with E-state index in [1.54, 1.807) is 30.1 Å². The lowest BCUT2D eigenvalue weighted by Crippen LogP contribution is -2.30. The third-order valence-corrected chi connectivity index (χ3v) is 3.52. The van der Waals surface area contributed by atoms with Crippen molar-refractivity contribution in [2.24, 2.45) is 5.92 Å². The molecule has 2 rings (SSSR count). The first-order valence-electron chi connectivity index (χ1n) is 7.47. The van der Waals surface area contributed by atoms with E-state index in [4.69, 9.17) is 15.2 Å². The number of rotatable bonds is 8. The number of carbonyl (C=O) groups is 1. The Morgan fingerprint density at radius 3 is 2.81 bits per heavy atom. The Hall–Kier alpha value is -1.75. The number of hydrogen-bond donors (Lipinski definition) is 1. The number of nitrogen functional groups attached to an aromatic ring is 1. The standard InChI is InChI=1S/C16H24N2O3/c1-3-21-15-7-6-13(10-14(15)17)16(19)18(2)8-9-20-11-12-4-5-12/h6-7,10,12H,3-5,8-9,11,17H2,1-2H3. The number of nitrogens with zero attached hydrogens (tertiary/aromatic N) is 1. The number of benzene rings is 1. The Labute approximate surface area is 126 Å². The summed E-state index contributed by atoms with van der Waals surface area (Å²) in [6, 6.07) is 5.14. The fraction of sp³-hybridized carbons (Fsp3) is 0.562. The summed E-state index contributed by atoms with van der Waals surface area (Å²) in [7, 11) is 1.77. The van der Waals surface area contributed by atoms with Crippen molar-refractivity contribution in [1.29, 1.82) is 0 Å². The van der Waals surface area contributed by atoms with Gasteiger partial charge in [-0.25, -0.2) is 0 Å². The molecule has 0 unspecified atom stereocenters. The van der Waals surface area contributed by atoms with Crippen molar-refractivity contribution in [3.63, 3.8) is 0 Å². The molecule has 2 N–H and O–H groups in total. The van der Waals surface area contributed by atoms with Crippen molar-refractivity contribution in [2.75, 3.05) is 39.1 Å². The molecule has 1 saturated carbocycles. The molecule has 0 spiro atoms. The maximum Gasteiger partial charge on any atom is 0.253 e. The van der Waals surface area contributed by atoms with Crippen LogP contribution in [0.15, 0.2) is 18.2 Å². The molecule has 1 aliphatic carbocycles. The van der Waals surface area contributed by atoms with Crippen LogP contribution in [-0.4, -0.2) is 44.2 Å². The molecular formula is C16H24N2O3. The van der Waals surface area contributed by atoms with Crippen molar-refractivity contribution < 1.29 is 14.3 Å². The van der Waals surface area contributed by atoms with Crippen molar-refractivity contribution in [3.8, 4) is 5.75 Å². The van der Waals surface area contributed by atoms with Gasteiger partial charge in [0.15, 0.2) is 0 Å². The number of hydrogen-bond acceptors (Lipinski definition) is 4. The third kappa shape index (κ3) is 4.63. The minimum absolute atomic E-state index is 0.0558. The smallest absolute Gasteiger partial charge is 0.253 e. The van der Waals surface area contributed by atoms with Gasteiger partial charge < -0.3 is 20.1 Å². The second kappa shape index (κ2) is 7.31. The van der Waals surface area contributed by atoms with Gasteiger partial charge in [-0.05, 0) is 43.9 Å². The SMILES string of the molecule is CCOc1ccc(C(=O)N(C)CCOCC2CC2)cc1N. The maximum absolute atomic E-state index is 12.3. The zero-order chi connectivity index (χ0) is 15.2. The van der Waals surface area contributed by atoms with E-state index >= 15 is 0 Å². The van der Waals surface area contributed by atoms with E-state index in [1.807, 2.05) is 6.92 Å². The maximum atomic E-state index is 12.3. The van der Waals surface area contributed by atoms with Gasteiger partial charge in [0.1, 0.15) is 5.75 Å². The molecule has 1 amide bonds. The molecule has 5 heteroatoms. The highest BCUT2D eigenvalue weighted by molar-refractivity contribution is 5.95. The molecule has 21 heavy (non-hydrogen) atoms. The zero-order valence-electron chi connectivity index (χ0n) is 12.8. The van der Waals surface area contributed by atoms with E-state index in [2.05, 4.69) is 0 Å². The second-order valence-electron chi connectivity index (χ2n) is 5.43. The van der Waals surface area contributed by atoms with E-state index in [1.165, 1.54) is 12.8 Å². The van der Waals surface area contributed by atoms with Crippen LogP contribution in [0.3, 0.4) is 0 Å². The van der Waals surface area contributed by atoms with E-state index in [-0.39, 0.29) is 5.91 Å². The first kappa shape index (κ1) is 15.6. The average Bonchev–Trinajstić information content (AvgIpc) is 3.29. The lowest BCUT2D eigenvalue weighted by atomic mass is 10.1. The molecule has 0 bridgehead atoms. The summed E-state index contributed by atoms with van der Waals surface area (Å²) in [6.07, 6.45) is 2.56. The van der Waals surface area contributed by atoms with Crippen LogP contribution in [0, 0.1) is 5.92 Å². The Kier molecular flexibility index (Phi) is 5.44. The summed E-state index contributed by atoms with van der Waals surface area (Å²) < 4.78 is 10.9. The fourth-order valence-electron chi connectivity index (χ4n) is 2.03. The largest absolute Gasteiger partial charge is 0.492 e. The molecule has 5 nitrogen and oxygen atoms in total. The lowest BCUT2D eigenvalue weighted by Gasteiger charge is -2.18. The topological polar surface area (TPSA) is 64.8 Å². The Bertz CT molecular complexity index is 486. The summed E-state index contributed by atoms with van der Waals surface area (Å²) in [5, 5.41) is 0. The fourth-order valence-corrected chi connectivity index (χ4v) is 2.03. The van der Waals surface area contributed by atoms with E-state index in [9.17, 15) is 4.79 Å². The summed E-state index contributed by atoms with van der Waals surface area (Å²) in [5.74, 6) is 1.31. The van der Waals surface area contributed by atoms with Crippen LogP contribution < -0.4 is 10.5 Å². The number of anilines is 1. The number of likely N-dealkylation sites (N-methyl/N-ethyl adjacent to an activating group) is 1. The van der Waals surface area contributed by atoms with Crippen molar-refractivity contribution in [3.05, 3.63) is 23.8 Å². The molecule has 0 aromatic heterocycles. The summed E-state index contributed by atoms with van der Waals surface area (Å²) in [6.45, 7) is 4.42. The number of carbonyl (C=O) groups excluding carboxylic acids is 1. The molecule has 1 aliphatic rings. The number of ether oxygens (including phenoxy) is 2. The molecule has 116 valence electrons. The first-order chi connectivity index (χ1) is 10.1. The van der Waals surface area contributed by atoms with Gasteiger partial charge in [0.25, 0.3) is 5.91 Å². The normalized spacial score (nSPS) is 14.0. The van der Waals surface area contributed by atoms with Crippen LogP contribution in [0.25, 0.3) is 0 Å². The quantitative estimate of drug-likeness (QED) is 0.589. The molecular weight excluding hydrogens is 268 g/mol. The van der Waals surface area contributed by atoms with Gasteiger partial charge in [-0.1, -0.05) is 0 Å². The molecule has 1 fully saturated rings. The van der Waals surface area contributed by atoms with Crippen LogP contribution in [0.1, 0.15) is 30.1 Å². The highest BCUT2D eigenvalue weighted by atomic mass is 16.5. The van der Waals surface area contributed by atoms with Gasteiger partial charge in [0.2, 0.25) is 0 Å². The van der Waals surface area contributed by atoms with Gasteiger partial charge >= 0.3 is 0 Å². The molecule has 1 aromatic rings. The van der Waals surface area contributed by atoms with E-state index in [0.29, 0.717) is 36.8 Å². The average molecular weight is 292 g/mol. The van der Waals surface area contributed by atoms with Crippen LogP contribution in [0.2, 0.25) is 0 Å². The summed E-state index contributed by atoms with van der Waals surface area (Å²) in [5.41, 5.74) is 6.94. The third-order valence-electron chi connectivity index (χ3n) is 3.52. The van der Waals surface area contributed by atoms with E-state index in [0.717, 1.165) is 12.5 Å². The molecule has 0 heterocycles. The molecule has 0 atom stereocenters. The van der Waals surface area contributed by atoms with Gasteiger partial charge in [-0.15, -0.1) is 0 Å². The van der Waals surface area contributed by atoms with Gasteiger partial charge in [-0.2, -0.15) is 0 Å².